The number of anilines is 2. The molecule has 0 bridgehead atoms. The molecular weight excluding hydrogens is 569 g/mol. The second-order valence-electron chi connectivity index (χ2n) is 11.3. The van der Waals surface area contributed by atoms with Gasteiger partial charge in [-0.1, -0.05) is 6.42 Å². The minimum absolute atomic E-state index is 0.0794. The Hall–Kier alpha value is -3.64. The second-order valence-corrected chi connectivity index (χ2v) is 12.9. The third kappa shape index (κ3) is 7.80. The number of thiazole rings is 2. The number of Topliss-reactive ketones (excluding diaryl/α,β-unsaturated/α-hetero) is 2. The number of carbonyl (C=O) groups excluding carboxylic acids is 2. The van der Waals surface area contributed by atoms with Crippen molar-refractivity contribution in [2.75, 3.05) is 38.0 Å². The zero-order valence-electron chi connectivity index (χ0n) is 24.5. The maximum absolute atomic E-state index is 12.6. The monoisotopic (exact) mass is 604 g/mol. The van der Waals surface area contributed by atoms with Gasteiger partial charge in [0.25, 0.3) is 0 Å². The van der Waals surface area contributed by atoms with Crippen LogP contribution in [0.5, 0.6) is 0 Å². The first kappa shape index (κ1) is 29.8. The summed E-state index contributed by atoms with van der Waals surface area (Å²) in [5, 5.41) is 23.4. The average molecular weight is 605 g/mol. The van der Waals surface area contributed by atoms with Crippen LogP contribution in [0.3, 0.4) is 0 Å². The lowest BCUT2D eigenvalue weighted by molar-refractivity contribution is -0.118. The zero-order valence-corrected chi connectivity index (χ0v) is 26.1. The molecule has 1 aliphatic carbocycles. The largest absolute Gasteiger partial charge is 0.354 e. The van der Waals surface area contributed by atoms with Crippen LogP contribution in [0, 0.1) is 0 Å². The summed E-state index contributed by atoms with van der Waals surface area (Å²) in [7, 11) is 7.76. The zero-order chi connectivity index (χ0) is 29.6. The van der Waals surface area contributed by atoms with Gasteiger partial charge in [-0.25, -0.2) is 9.97 Å². The molecular formula is C30H36N8O2S2. The van der Waals surface area contributed by atoms with E-state index < -0.39 is 0 Å². The van der Waals surface area contributed by atoms with E-state index in [1.54, 1.807) is 0 Å². The molecule has 2 atom stereocenters. The Kier molecular flexibility index (Phi) is 9.63. The Morgan fingerprint density at radius 3 is 1.45 bits per heavy atom. The van der Waals surface area contributed by atoms with E-state index in [4.69, 9.17) is 0 Å². The standard InChI is InChI=1S/C30H36N8O2S2/c1-37(2)29-31-23(17-41-29)15-25(39)13-21-8-10-27(35-33-21)19-6-5-7-20(12-19)28-11-9-22(34-36-28)14-26(40)16-24-18-42-30(32-24)38(3)4/h8-11,17-20H,5-7,12-16H2,1-4H3/t19-,20-/m0/s1. The topological polar surface area (TPSA) is 118 Å². The summed E-state index contributed by atoms with van der Waals surface area (Å²) >= 11 is 3.07. The molecule has 4 heterocycles. The van der Waals surface area contributed by atoms with Crippen molar-refractivity contribution in [3.05, 3.63) is 69.2 Å². The van der Waals surface area contributed by atoms with Crippen molar-refractivity contribution in [2.45, 2.75) is 63.2 Å². The first-order valence-corrected chi connectivity index (χ1v) is 15.9. The van der Waals surface area contributed by atoms with Crippen molar-refractivity contribution in [3.63, 3.8) is 0 Å². The molecule has 0 spiro atoms. The van der Waals surface area contributed by atoms with Gasteiger partial charge in [0.05, 0.1) is 59.8 Å². The van der Waals surface area contributed by atoms with E-state index in [-0.39, 0.29) is 36.2 Å². The number of hydrogen-bond acceptors (Lipinski definition) is 12. The second kappa shape index (κ2) is 13.6. The Morgan fingerprint density at radius 1 is 0.667 bits per heavy atom. The average Bonchev–Trinajstić information content (AvgIpc) is 3.64. The first-order chi connectivity index (χ1) is 20.2. The van der Waals surface area contributed by atoms with Crippen molar-refractivity contribution in [2.24, 2.45) is 0 Å². The van der Waals surface area contributed by atoms with Crippen LogP contribution in [0.1, 0.15) is 71.7 Å². The van der Waals surface area contributed by atoms with Gasteiger partial charge in [-0.3, -0.25) is 9.59 Å². The Balaban J connectivity index is 1.12. The van der Waals surface area contributed by atoms with Crippen LogP contribution in [0.25, 0.3) is 0 Å². The molecule has 12 heteroatoms. The summed E-state index contributed by atoms with van der Waals surface area (Å²) in [6.07, 6.45) is 5.20. The molecule has 1 fully saturated rings. The van der Waals surface area contributed by atoms with Crippen LogP contribution >= 0.6 is 22.7 Å². The maximum Gasteiger partial charge on any atom is 0.184 e. The van der Waals surface area contributed by atoms with Crippen molar-refractivity contribution in [3.8, 4) is 0 Å². The molecule has 5 rings (SSSR count). The molecule has 220 valence electrons. The Bertz CT molecular complexity index is 1390. The van der Waals surface area contributed by atoms with Gasteiger partial charge in [0.15, 0.2) is 10.3 Å². The molecule has 0 aliphatic heterocycles. The van der Waals surface area contributed by atoms with Gasteiger partial charge in [0, 0.05) is 50.8 Å². The van der Waals surface area contributed by atoms with E-state index in [9.17, 15) is 9.59 Å². The third-order valence-electron chi connectivity index (χ3n) is 7.35. The molecule has 0 unspecified atom stereocenters. The quantitative estimate of drug-likeness (QED) is 0.229. The lowest BCUT2D eigenvalue weighted by Gasteiger charge is -2.28. The van der Waals surface area contributed by atoms with Crippen molar-refractivity contribution >= 4 is 44.5 Å². The maximum atomic E-state index is 12.6. The van der Waals surface area contributed by atoms with Gasteiger partial charge in [-0.05, 0) is 43.5 Å². The number of hydrogen-bond donors (Lipinski definition) is 0. The summed E-state index contributed by atoms with van der Waals surface area (Å²) < 4.78 is 0. The van der Waals surface area contributed by atoms with E-state index in [1.807, 2.05) is 73.0 Å². The van der Waals surface area contributed by atoms with Gasteiger partial charge in [-0.2, -0.15) is 20.4 Å². The van der Waals surface area contributed by atoms with Crippen LogP contribution in [0.2, 0.25) is 0 Å². The fraction of sp³-hybridized carbons (Fsp3) is 0.467. The molecule has 4 aromatic heterocycles. The van der Waals surface area contributed by atoms with Crippen LogP contribution in [-0.2, 0) is 35.3 Å². The fourth-order valence-electron chi connectivity index (χ4n) is 5.19. The third-order valence-corrected chi connectivity index (χ3v) is 9.46. The van der Waals surface area contributed by atoms with Crippen LogP contribution in [-0.4, -0.2) is 70.1 Å². The normalized spacial score (nSPS) is 16.8. The molecule has 0 radical (unpaired) electrons. The molecule has 42 heavy (non-hydrogen) atoms. The van der Waals surface area contributed by atoms with Crippen molar-refractivity contribution in [1.29, 1.82) is 0 Å². The molecule has 0 amide bonds. The molecule has 0 aromatic carbocycles. The van der Waals surface area contributed by atoms with Crippen molar-refractivity contribution in [1.82, 2.24) is 30.4 Å². The summed E-state index contributed by atoms with van der Waals surface area (Å²) in [6.45, 7) is 0. The summed E-state index contributed by atoms with van der Waals surface area (Å²) in [6, 6.07) is 7.88. The predicted molar refractivity (Wildman–Crippen MR) is 166 cm³/mol. The highest BCUT2D eigenvalue weighted by Gasteiger charge is 2.27. The number of rotatable bonds is 12. The van der Waals surface area contributed by atoms with Crippen LogP contribution in [0.15, 0.2) is 35.0 Å². The number of nitrogens with zero attached hydrogens (tertiary/aromatic N) is 8. The minimum Gasteiger partial charge on any atom is -0.354 e. The summed E-state index contributed by atoms with van der Waals surface area (Å²) in [5.74, 6) is 0.730. The van der Waals surface area contributed by atoms with Crippen LogP contribution in [0.4, 0.5) is 10.3 Å². The Labute approximate surface area is 254 Å². The van der Waals surface area contributed by atoms with E-state index in [0.717, 1.165) is 58.7 Å². The van der Waals surface area contributed by atoms with E-state index >= 15 is 0 Å². The van der Waals surface area contributed by atoms with E-state index in [1.165, 1.54) is 22.7 Å². The summed E-state index contributed by atoms with van der Waals surface area (Å²) in [4.78, 5) is 38.0. The first-order valence-electron chi connectivity index (χ1n) is 14.2. The SMILES string of the molecule is CN(C)c1nc(CC(=O)Cc2ccc([C@H]3CCC[C@H](c4ccc(CC(=O)Cc5csc(N(C)C)n5)nn4)C3)nn2)cs1. The minimum atomic E-state index is 0.0794. The highest BCUT2D eigenvalue weighted by molar-refractivity contribution is 7.14. The molecule has 0 saturated heterocycles. The highest BCUT2D eigenvalue weighted by Crippen LogP contribution is 2.39. The molecule has 4 aromatic rings. The summed E-state index contributed by atoms with van der Waals surface area (Å²) in [5.41, 5.74) is 4.87. The molecule has 1 saturated carbocycles. The number of carbonyl (C=O) groups is 2. The van der Waals surface area contributed by atoms with Gasteiger partial charge < -0.3 is 9.80 Å². The van der Waals surface area contributed by atoms with Gasteiger partial charge >= 0.3 is 0 Å². The van der Waals surface area contributed by atoms with E-state index in [2.05, 4.69) is 30.4 Å². The predicted octanol–water partition coefficient (Wildman–Crippen LogP) is 4.46. The smallest absolute Gasteiger partial charge is 0.184 e. The van der Waals surface area contributed by atoms with Crippen LogP contribution < -0.4 is 9.80 Å². The van der Waals surface area contributed by atoms with E-state index in [0.29, 0.717) is 24.2 Å². The number of aromatic nitrogens is 6. The lowest BCUT2D eigenvalue weighted by atomic mass is 9.78. The molecule has 10 nitrogen and oxygen atoms in total. The van der Waals surface area contributed by atoms with Gasteiger partial charge in [0.1, 0.15) is 11.6 Å². The highest BCUT2D eigenvalue weighted by atomic mass is 32.1. The van der Waals surface area contributed by atoms with Gasteiger partial charge in [-0.15, -0.1) is 22.7 Å². The lowest BCUT2D eigenvalue weighted by Crippen LogP contribution is -2.17. The van der Waals surface area contributed by atoms with Gasteiger partial charge in [0.2, 0.25) is 0 Å². The number of ketones is 2. The van der Waals surface area contributed by atoms with Crippen molar-refractivity contribution < 1.29 is 9.59 Å². The molecule has 1 aliphatic rings. The fourth-order valence-corrected chi connectivity index (χ4v) is 6.71. The molecule has 0 N–H and O–H groups in total. The Morgan fingerprint density at radius 2 is 1.10 bits per heavy atom.